The molecule has 156 valence electrons. The van der Waals surface area contributed by atoms with Crippen molar-refractivity contribution < 1.29 is 13.7 Å². The third-order valence-corrected chi connectivity index (χ3v) is 4.56. The van der Waals surface area contributed by atoms with E-state index >= 15 is 0 Å². The molecular weight excluding hydrogens is 425 g/mol. The number of carbonyl (C=O) groups is 1. The Labute approximate surface area is 180 Å². The maximum atomic E-state index is 13.1. The lowest BCUT2D eigenvalue weighted by Gasteiger charge is -2.07. The normalized spacial score (nSPS) is 10.8. The van der Waals surface area contributed by atoms with E-state index in [9.17, 15) is 14.0 Å². The van der Waals surface area contributed by atoms with Crippen molar-refractivity contribution in [2.45, 2.75) is 13.1 Å². The minimum atomic E-state index is -0.455. The second kappa shape index (κ2) is 8.88. The fourth-order valence-corrected chi connectivity index (χ4v) is 2.84. The molecule has 0 spiro atoms. The van der Waals surface area contributed by atoms with Crippen LogP contribution >= 0.6 is 11.6 Å². The van der Waals surface area contributed by atoms with Crippen LogP contribution in [0.2, 0.25) is 5.02 Å². The second-order valence-corrected chi connectivity index (χ2v) is 6.98. The van der Waals surface area contributed by atoms with Gasteiger partial charge >= 0.3 is 0 Å². The molecule has 2 heterocycles. The molecular formula is C21H15ClFN5O3. The standard InChI is InChI=1S/C21H15ClFN5O3/c22-15-5-1-13(2-6-15)11-24-18(29)12-28-19(30)10-9-17(26-28)21-25-20(27-31-21)14-3-7-16(23)8-4-14/h1-10H,11-12H2,(H,24,29). The molecule has 0 saturated heterocycles. The van der Waals surface area contributed by atoms with Crippen molar-refractivity contribution in [3.05, 3.63) is 87.4 Å². The van der Waals surface area contributed by atoms with Crippen molar-refractivity contribution in [3.8, 4) is 23.0 Å². The third kappa shape index (κ3) is 5.01. The van der Waals surface area contributed by atoms with E-state index in [1.807, 2.05) is 0 Å². The zero-order valence-corrected chi connectivity index (χ0v) is 16.7. The molecule has 4 rings (SSSR count). The highest BCUT2D eigenvalue weighted by atomic mass is 35.5. The summed E-state index contributed by atoms with van der Waals surface area (Å²) in [6.07, 6.45) is 0. The lowest BCUT2D eigenvalue weighted by molar-refractivity contribution is -0.122. The van der Waals surface area contributed by atoms with Gasteiger partial charge in [0.2, 0.25) is 11.7 Å². The summed E-state index contributed by atoms with van der Waals surface area (Å²) in [4.78, 5) is 28.6. The van der Waals surface area contributed by atoms with Crippen molar-refractivity contribution in [2.24, 2.45) is 0 Å². The van der Waals surface area contributed by atoms with E-state index in [0.29, 0.717) is 10.6 Å². The molecule has 0 aliphatic carbocycles. The van der Waals surface area contributed by atoms with Crippen LogP contribution in [0.15, 0.2) is 70.0 Å². The van der Waals surface area contributed by atoms with E-state index in [-0.39, 0.29) is 42.2 Å². The Morgan fingerprint density at radius 1 is 1.06 bits per heavy atom. The SMILES string of the molecule is O=C(Cn1nc(-c2nc(-c3ccc(F)cc3)no2)ccc1=O)NCc1ccc(Cl)cc1. The molecule has 0 saturated carbocycles. The molecule has 1 amide bonds. The van der Waals surface area contributed by atoms with Crippen molar-refractivity contribution in [2.75, 3.05) is 0 Å². The van der Waals surface area contributed by atoms with Crippen LogP contribution in [0.4, 0.5) is 4.39 Å². The third-order valence-electron chi connectivity index (χ3n) is 4.31. The van der Waals surface area contributed by atoms with Crippen molar-refractivity contribution >= 4 is 17.5 Å². The van der Waals surface area contributed by atoms with E-state index in [0.717, 1.165) is 10.2 Å². The largest absolute Gasteiger partial charge is 0.350 e. The van der Waals surface area contributed by atoms with E-state index in [1.54, 1.807) is 24.3 Å². The first-order chi connectivity index (χ1) is 15.0. The fraction of sp³-hybridized carbons (Fsp3) is 0.0952. The zero-order chi connectivity index (χ0) is 21.8. The Morgan fingerprint density at radius 3 is 2.55 bits per heavy atom. The first kappa shape index (κ1) is 20.4. The summed E-state index contributed by atoms with van der Waals surface area (Å²) in [5, 5.41) is 11.3. The number of carbonyl (C=O) groups excluding carboxylic acids is 1. The van der Waals surface area contributed by atoms with Gasteiger partial charge in [-0.1, -0.05) is 28.9 Å². The highest BCUT2D eigenvalue weighted by Gasteiger charge is 2.14. The Hall–Kier alpha value is -3.85. The number of aromatic nitrogens is 4. The molecule has 0 atom stereocenters. The predicted molar refractivity (Wildman–Crippen MR) is 110 cm³/mol. The number of nitrogens with one attached hydrogen (secondary N) is 1. The topological polar surface area (TPSA) is 103 Å². The minimum absolute atomic E-state index is 0.0645. The number of hydrogen-bond acceptors (Lipinski definition) is 6. The van der Waals surface area contributed by atoms with Crippen molar-refractivity contribution in [1.29, 1.82) is 0 Å². The smallest absolute Gasteiger partial charge is 0.278 e. The number of amides is 1. The number of halogens is 2. The number of hydrogen-bond donors (Lipinski definition) is 1. The molecule has 1 N–H and O–H groups in total. The first-order valence-electron chi connectivity index (χ1n) is 9.17. The number of benzene rings is 2. The average molecular weight is 440 g/mol. The molecule has 0 unspecified atom stereocenters. The highest BCUT2D eigenvalue weighted by Crippen LogP contribution is 2.20. The van der Waals surface area contributed by atoms with Gasteiger partial charge in [0, 0.05) is 23.2 Å². The first-order valence-corrected chi connectivity index (χ1v) is 9.55. The van der Waals surface area contributed by atoms with Crippen LogP contribution in [0, 0.1) is 5.82 Å². The summed E-state index contributed by atoms with van der Waals surface area (Å²) >= 11 is 5.84. The molecule has 4 aromatic rings. The van der Waals surface area contributed by atoms with Crippen LogP contribution in [-0.4, -0.2) is 25.8 Å². The van der Waals surface area contributed by atoms with Gasteiger partial charge in [0.15, 0.2) is 0 Å². The molecule has 31 heavy (non-hydrogen) atoms. The van der Waals surface area contributed by atoms with Gasteiger partial charge in [-0.2, -0.15) is 10.1 Å². The average Bonchev–Trinajstić information content (AvgIpc) is 3.26. The van der Waals surface area contributed by atoms with Crippen LogP contribution in [0.5, 0.6) is 0 Å². The van der Waals surface area contributed by atoms with E-state index in [4.69, 9.17) is 16.1 Å². The summed E-state index contributed by atoms with van der Waals surface area (Å²) in [5.74, 6) is -0.459. The number of rotatable bonds is 6. The van der Waals surface area contributed by atoms with Gasteiger partial charge < -0.3 is 9.84 Å². The lowest BCUT2D eigenvalue weighted by atomic mass is 10.2. The fourth-order valence-electron chi connectivity index (χ4n) is 2.71. The Morgan fingerprint density at radius 2 is 1.81 bits per heavy atom. The van der Waals surface area contributed by atoms with Crippen LogP contribution < -0.4 is 10.9 Å². The Balaban J connectivity index is 1.47. The predicted octanol–water partition coefficient (Wildman–Crippen LogP) is 3.07. The van der Waals surface area contributed by atoms with Crippen molar-refractivity contribution in [3.63, 3.8) is 0 Å². The van der Waals surface area contributed by atoms with Gasteiger partial charge in [-0.3, -0.25) is 9.59 Å². The summed E-state index contributed by atoms with van der Waals surface area (Å²) in [6.45, 7) is 0.00829. The van der Waals surface area contributed by atoms with E-state index < -0.39 is 5.56 Å². The van der Waals surface area contributed by atoms with E-state index in [2.05, 4.69) is 20.6 Å². The zero-order valence-electron chi connectivity index (χ0n) is 16.0. The minimum Gasteiger partial charge on any atom is -0.350 e. The summed E-state index contributed by atoms with van der Waals surface area (Å²) < 4.78 is 19.3. The van der Waals surface area contributed by atoms with Crippen LogP contribution in [0.25, 0.3) is 23.0 Å². The molecule has 0 aliphatic rings. The molecule has 2 aromatic carbocycles. The van der Waals surface area contributed by atoms with Gasteiger partial charge in [-0.05, 0) is 48.0 Å². The Kier molecular flexibility index (Phi) is 5.85. The lowest BCUT2D eigenvalue weighted by Crippen LogP contribution is -2.33. The summed E-state index contributed by atoms with van der Waals surface area (Å²) in [5.41, 5.74) is 1.20. The summed E-state index contributed by atoms with van der Waals surface area (Å²) in [6, 6.07) is 15.3. The van der Waals surface area contributed by atoms with Crippen LogP contribution in [-0.2, 0) is 17.9 Å². The van der Waals surface area contributed by atoms with Crippen molar-refractivity contribution in [1.82, 2.24) is 25.2 Å². The molecule has 0 aliphatic heterocycles. The maximum absolute atomic E-state index is 13.1. The molecule has 8 nitrogen and oxygen atoms in total. The van der Waals surface area contributed by atoms with Gasteiger partial charge in [-0.15, -0.1) is 0 Å². The van der Waals surface area contributed by atoms with Gasteiger partial charge in [0.05, 0.1) is 0 Å². The molecule has 0 radical (unpaired) electrons. The quantitative estimate of drug-likeness (QED) is 0.495. The molecule has 2 aromatic heterocycles. The van der Waals surface area contributed by atoms with Gasteiger partial charge in [0.1, 0.15) is 18.1 Å². The maximum Gasteiger partial charge on any atom is 0.278 e. The summed E-state index contributed by atoms with van der Waals surface area (Å²) in [7, 11) is 0. The Bertz CT molecular complexity index is 1270. The highest BCUT2D eigenvalue weighted by molar-refractivity contribution is 6.30. The van der Waals surface area contributed by atoms with Gasteiger partial charge in [-0.25, -0.2) is 9.07 Å². The van der Waals surface area contributed by atoms with E-state index in [1.165, 1.54) is 36.4 Å². The molecule has 0 fully saturated rings. The second-order valence-electron chi connectivity index (χ2n) is 6.55. The molecule has 10 heteroatoms. The monoisotopic (exact) mass is 439 g/mol. The van der Waals surface area contributed by atoms with Gasteiger partial charge in [0.25, 0.3) is 11.4 Å². The number of nitrogens with zero attached hydrogens (tertiary/aromatic N) is 4. The van der Waals surface area contributed by atoms with Crippen LogP contribution in [0.3, 0.4) is 0 Å². The molecule has 0 bridgehead atoms. The van der Waals surface area contributed by atoms with Crippen LogP contribution in [0.1, 0.15) is 5.56 Å².